The van der Waals surface area contributed by atoms with Gasteiger partial charge in [0, 0.05) is 0 Å². The molecule has 0 amide bonds. The molecule has 2 N–H and O–H groups in total. The third-order valence-corrected chi connectivity index (χ3v) is 2.92. The van der Waals surface area contributed by atoms with Crippen molar-refractivity contribution in [2.24, 2.45) is 0 Å². The van der Waals surface area contributed by atoms with E-state index in [2.05, 4.69) is 4.98 Å². The lowest BCUT2D eigenvalue weighted by molar-refractivity contribution is 0.268. The molecule has 102 valence electrons. The van der Waals surface area contributed by atoms with E-state index in [0.717, 1.165) is 0 Å². The number of rotatable bonds is 4. The molecule has 0 radical (unpaired) electrons. The van der Waals surface area contributed by atoms with Crippen LogP contribution in [0.4, 0.5) is 5.69 Å². The largest absolute Gasteiger partial charge is 0.494 e. The Kier molecular flexibility index (Phi) is 3.16. The molecule has 0 unspecified atom stereocenters. The van der Waals surface area contributed by atoms with Crippen LogP contribution in [0, 0.1) is 0 Å². The minimum absolute atomic E-state index is 0.214. The van der Waals surface area contributed by atoms with Gasteiger partial charge in [-0.25, -0.2) is 4.98 Å². The molecule has 0 spiro atoms. The summed E-state index contributed by atoms with van der Waals surface area (Å²) < 4.78 is 16.5. The number of aromatic nitrogens is 1. The van der Waals surface area contributed by atoms with Crippen molar-refractivity contribution in [3.05, 3.63) is 48.4 Å². The summed E-state index contributed by atoms with van der Waals surface area (Å²) in [6.07, 6.45) is 0. The van der Waals surface area contributed by atoms with Gasteiger partial charge >= 0.3 is 0 Å². The van der Waals surface area contributed by atoms with Gasteiger partial charge in [0.1, 0.15) is 11.5 Å². The maximum Gasteiger partial charge on any atom is 0.233 e. The van der Waals surface area contributed by atoms with Crippen LogP contribution >= 0.6 is 0 Å². The number of nitrogen functional groups attached to an aromatic ring is 1. The molecule has 0 aliphatic carbocycles. The molecule has 2 aromatic carbocycles. The minimum Gasteiger partial charge on any atom is -0.494 e. The number of nitrogens with two attached hydrogens (primary N) is 1. The molecule has 1 heterocycles. The summed E-state index contributed by atoms with van der Waals surface area (Å²) in [6, 6.07) is 12.8. The van der Waals surface area contributed by atoms with E-state index in [0.29, 0.717) is 34.2 Å². The van der Waals surface area contributed by atoms with E-state index >= 15 is 0 Å². The van der Waals surface area contributed by atoms with Crippen molar-refractivity contribution >= 4 is 16.8 Å². The van der Waals surface area contributed by atoms with Gasteiger partial charge in [0.15, 0.2) is 17.7 Å². The van der Waals surface area contributed by atoms with Gasteiger partial charge in [0.2, 0.25) is 5.89 Å². The summed E-state index contributed by atoms with van der Waals surface area (Å²) in [5.41, 5.74) is 7.75. The third kappa shape index (κ3) is 2.25. The number of benzene rings is 2. The summed E-state index contributed by atoms with van der Waals surface area (Å²) in [5, 5.41) is 0. The molecule has 0 fully saturated rings. The van der Waals surface area contributed by atoms with Gasteiger partial charge in [-0.05, 0) is 24.3 Å². The highest BCUT2D eigenvalue weighted by molar-refractivity contribution is 5.79. The molecule has 3 aromatic rings. The van der Waals surface area contributed by atoms with Crippen LogP contribution < -0.4 is 15.2 Å². The molecule has 0 aliphatic rings. The Morgan fingerprint density at radius 2 is 1.90 bits per heavy atom. The van der Waals surface area contributed by atoms with Gasteiger partial charge in [-0.2, -0.15) is 0 Å². The molecule has 0 aliphatic heterocycles. The van der Waals surface area contributed by atoms with Crippen LogP contribution in [0.2, 0.25) is 0 Å². The lowest BCUT2D eigenvalue weighted by atomic mass is 10.3. The molecule has 20 heavy (non-hydrogen) atoms. The monoisotopic (exact) mass is 270 g/mol. The number of oxazole rings is 1. The Balaban J connectivity index is 1.83. The Morgan fingerprint density at radius 3 is 2.70 bits per heavy atom. The first-order chi connectivity index (χ1) is 9.78. The number of para-hydroxylation sites is 3. The van der Waals surface area contributed by atoms with Gasteiger partial charge in [0.25, 0.3) is 0 Å². The fourth-order valence-corrected chi connectivity index (χ4v) is 1.95. The van der Waals surface area contributed by atoms with Crippen LogP contribution in [0.25, 0.3) is 11.1 Å². The van der Waals surface area contributed by atoms with Crippen LogP contribution in [-0.4, -0.2) is 12.1 Å². The maximum absolute atomic E-state index is 5.81. The second-order valence-electron chi connectivity index (χ2n) is 4.24. The average Bonchev–Trinajstić information content (AvgIpc) is 2.89. The van der Waals surface area contributed by atoms with Crippen LogP contribution in [0.5, 0.6) is 11.5 Å². The fraction of sp³-hybridized carbons (Fsp3) is 0.133. The second-order valence-corrected chi connectivity index (χ2v) is 4.24. The van der Waals surface area contributed by atoms with Crippen molar-refractivity contribution in [1.29, 1.82) is 0 Å². The molecule has 0 saturated heterocycles. The Bertz CT molecular complexity index is 737. The zero-order valence-electron chi connectivity index (χ0n) is 11.0. The van der Waals surface area contributed by atoms with Crippen LogP contribution in [0.1, 0.15) is 5.89 Å². The first kappa shape index (κ1) is 12.3. The van der Waals surface area contributed by atoms with Crippen molar-refractivity contribution in [2.45, 2.75) is 6.61 Å². The maximum atomic E-state index is 5.81. The summed E-state index contributed by atoms with van der Waals surface area (Å²) >= 11 is 0. The van der Waals surface area contributed by atoms with Crippen LogP contribution in [-0.2, 0) is 6.61 Å². The molecular formula is C15H14N2O3. The smallest absolute Gasteiger partial charge is 0.233 e. The van der Waals surface area contributed by atoms with E-state index < -0.39 is 0 Å². The molecule has 0 saturated carbocycles. The average molecular weight is 270 g/mol. The number of methoxy groups -OCH3 is 1. The predicted molar refractivity (Wildman–Crippen MR) is 75.7 cm³/mol. The van der Waals surface area contributed by atoms with Crippen molar-refractivity contribution < 1.29 is 13.9 Å². The number of hydrogen-bond acceptors (Lipinski definition) is 5. The lowest BCUT2D eigenvalue weighted by Crippen LogP contribution is -1.98. The van der Waals surface area contributed by atoms with Gasteiger partial charge in [-0.15, -0.1) is 0 Å². The van der Waals surface area contributed by atoms with E-state index in [9.17, 15) is 0 Å². The topological polar surface area (TPSA) is 70.5 Å². The normalized spacial score (nSPS) is 10.7. The number of nitrogens with zero attached hydrogens (tertiary/aromatic N) is 1. The fourth-order valence-electron chi connectivity index (χ4n) is 1.95. The SMILES string of the molecule is COc1cccc2oc(COc3ccccc3N)nc12. The standard InChI is InChI=1S/C15H14N2O3/c1-18-12-7-4-8-13-15(12)17-14(20-13)9-19-11-6-3-2-5-10(11)16/h2-8H,9,16H2,1H3. The summed E-state index contributed by atoms with van der Waals surface area (Å²) in [5.74, 6) is 1.77. The van der Waals surface area contributed by atoms with E-state index in [1.54, 1.807) is 19.2 Å². The molecule has 0 bridgehead atoms. The van der Waals surface area contributed by atoms with Gasteiger partial charge in [-0.3, -0.25) is 0 Å². The van der Waals surface area contributed by atoms with Crippen molar-refractivity contribution in [3.63, 3.8) is 0 Å². The summed E-state index contributed by atoms with van der Waals surface area (Å²) in [4.78, 5) is 4.37. The molecule has 0 atom stereocenters. The minimum atomic E-state index is 0.214. The summed E-state index contributed by atoms with van der Waals surface area (Å²) in [7, 11) is 1.60. The van der Waals surface area contributed by atoms with E-state index in [1.165, 1.54) is 0 Å². The molecular weight excluding hydrogens is 256 g/mol. The van der Waals surface area contributed by atoms with Gasteiger partial charge < -0.3 is 19.6 Å². The zero-order valence-corrected chi connectivity index (χ0v) is 11.0. The Hall–Kier alpha value is -2.69. The van der Waals surface area contributed by atoms with Crippen molar-refractivity contribution in [2.75, 3.05) is 12.8 Å². The number of anilines is 1. The van der Waals surface area contributed by atoms with E-state index in [-0.39, 0.29) is 6.61 Å². The van der Waals surface area contributed by atoms with Gasteiger partial charge in [-0.1, -0.05) is 18.2 Å². The highest BCUT2D eigenvalue weighted by Gasteiger charge is 2.11. The molecule has 5 heteroatoms. The van der Waals surface area contributed by atoms with Crippen molar-refractivity contribution in [1.82, 2.24) is 4.98 Å². The highest BCUT2D eigenvalue weighted by Crippen LogP contribution is 2.26. The quantitative estimate of drug-likeness (QED) is 0.738. The lowest BCUT2D eigenvalue weighted by Gasteiger charge is -2.05. The number of ether oxygens (including phenoxy) is 2. The first-order valence-corrected chi connectivity index (χ1v) is 6.17. The Morgan fingerprint density at radius 1 is 1.10 bits per heavy atom. The van der Waals surface area contributed by atoms with Crippen LogP contribution in [0.3, 0.4) is 0 Å². The Labute approximate surface area is 115 Å². The van der Waals surface area contributed by atoms with E-state index in [4.69, 9.17) is 19.6 Å². The van der Waals surface area contributed by atoms with Crippen molar-refractivity contribution in [3.8, 4) is 11.5 Å². The molecule has 1 aromatic heterocycles. The predicted octanol–water partition coefficient (Wildman–Crippen LogP) is 3.00. The molecule has 5 nitrogen and oxygen atoms in total. The highest BCUT2D eigenvalue weighted by atomic mass is 16.5. The second kappa shape index (κ2) is 5.13. The first-order valence-electron chi connectivity index (χ1n) is 6.17. The van der Waals surface area contributed by atoms with Gasteiger partial charge in [0.05, 0.1) is 12.8 Å². The van der Waals surface area contributed by atoms with E-state index in [1.807, 2.05) is 30.3 Å². The van der Waals surface area contributed by atoms with Crippen LogP contribution in [0.15, 0.2) is 46.9 Å². The summed E-state index contributed by atoms with van der Waals surface area (Å²) in [6.45, 7) is 0.214. The number of fused-ring (bicyclic) bond motifs is 1. The molecule has 3 rings (SSSR count). The zero-order chi connectivity index (χ0) is 13.9. The third-order valence-electron chi connectivity index (χ3n) is 2.92. The number of hydrogen-bond donors (Lipinski definition) is 1.